The van der Waals surface area contributed by atoms with Crippen LogP contribution in [0.2, 0.25) is 0 Å². The molecule has 0 aliphatic heterocycles. The SMILES string of the molecule is CN(C)CCOCC(O)c1ccc2[nH]ccc2c1. The van der Waals surface area contributed by atoms with E-state index in [1.54, 1.807) is 0 Å². The third-order valence-corrected chi connectivity index (χ3v) is 2.92. The fraction of sp³-hybridized carbons (Fsp3) is 0.429. The van der Waals surface area contributed by atoms with E-state index in [0.717, 1.165) is 23.0 Å². The van der Waals surface area contributed by atoms with Crippen molar-refractivity contribution in [3.05, 3.63) is 36.0 Å². The molecular formula is C14H20N2O2. The zero-order chi connectivity index (χ0) is 13.0. The zero-order valence-corrected chi connectivity index (χ0v) is 10.9. The summed E-state index contributed by atoms with van der Waals surface area (Å²) >= 11 is 0. The van der Waals surface area contributed by atoms with E-state index in [9.17, 15) is 5.11 Å². The van der Waals surface area contributed by atoms with Crippen LogP contribution in [0.5, 0.6) is 0 Å². The molecule has 1 unspecified atom stereocenters. The number of hydrogen-bond donors (Lipinski definition) is 2. The van der Waals surface area contributed by atoms with Crippen molar-refractivity contribution in [3.8, 4) is 0 Å². The van der Waals surface area contributed by atoms with Gasteiger partial charge in [0.2, 0.25) is 0 Å². The van der Waals surface area contributed by atoms with Crippen molar-refractivity contribution in [1.29, 1.82) is 0 Å². The van der Waals surface area contributed by atoms with Crippen molar-refractivity contribution in [2.75, 3.05) is 33.9 Å². The molecule has 0 saturated carbocycles. The van der Waals surface area contributed by atoms with Gasteiger partial charge in [0, 0.05) is 18.3 Å². The van der Waals surface area contributed by atoms with E-state index in [2.05, 4.69) is 9.88 Å². The number of likely N-dealkylation sites (N-methyl/N-ethyl adjacent to an activating group) is 1. The lowest BCUT2D eigenvalue weighted by molar-refractivity contribution is 0.0307. The average Bonchev–Trinajstić information content (AvgIpc) is 2.81. The standard InChI is InChI=1S/C14H20N2O2/c1-16(2)7-8-18-10-14(17)12-3-4-13-11(9-12)5-6-15-13/h3-6,9,14-15,17H,7-8,10H2,1-2H3. The Kier molecular flexibility index (Phi) is 4.36. The predicted octanol–water partition coefficient (Wildman–Crippen LogP) is 1.78. The number of aromatic amines is 1. The Balaban J connectivity index is 1.89. The number of ether oxygens (including phenoxy) is 1. The molecule has 2 rings (SSSR count). The number of H-pyrrole nitrogens is 1. The van der Waals surface area contributed by atoms with Gasteiger partial charge in [0.05, 0.1) is 13.2 Å². The maximum absolute atomic E-state index is 10.0. The molecule has 0 radical (unpaired) electrons. The van der Waals surface area contributed by atoms with E-state index < -0.39 is 6.10 Å². The fourth-order valence-corrected chi connectivity index (χ4v) is 1.82. The Hall–Kier alpha value is -1.36. The number of aliphatic hydroxyl groups is 1. The molecule has 0 aliphatic carbocycles. The number of nitrogens with zero attached hydrogens (tertiary/aromatic N) is 1. The highest BCUT2D eigenvalue weighted by molar-refractivity contribution is 5.79. The smallest absolute Gasteiger partial charge is 0.102 e. The molecule has 1 heterocycles. The van der Waals surface area contributed by atoms with Crippen molar-refractivity contribution >= 4 is 10.9 Å². The summed E-state index contributed by atoms with van der Waals surface area (Å²) in [6, 6.07) is 7.90. The molecule has 0 amide bonds. The Labute approximate surface area is 107 Å². The van der Waals surface area contributed by atoms with Gasteiger partial charge in [-0.2, -0.15) is 0 Å². The van der Waals surface area contributed by atoms with Crippen LogP contribution in [-0.2, 0) is 4.74 Å². The van der Waals surface area contributed by atoms with Gasteiger partial charge < -0.3 is 19.7 Å². The lowest BCUT2D eigenvalue weighted by Crippen LogP contribution is -2.19. The van der Waals surface area contributed by atoms with Crippen LogP contribution in [0.4, 0.5) is 0 Å². The molecule has 1 aromatic heterocycles. The zero-order valence-electron chi connectivity index (χ0n) is 10.9. The summed E-state index contributed by atoms with van der Waals surface area (Å²) < 4.78 is 5.45. The lowest BCUT2D eigenvalue weighted by atomic mass is 10.1. The van der Waals surface area contributed by atoms with Crippen LogP contribution in [0.15, 0.2) is 30.5 Å². The Bertz CT molecular complexity index is 493. The first-order valence-corrected chi connectivity index (χ1v) is 6.14. The van der Waals surface area contributed by atoms with Crippen LogP contribution in [-0.4, -0.2) is 48.8 Å². The third-order valence-electron chi connectivity index (χ3n) is 2.92. The highest BCUT2D eigenvalue weighted by Gasteiger charge is 2.08. The number of hydrogen-bond acceptors (Lipinski definition) is 3. The molecule has 18 heavy (non-hydrogen) atoms. The summed E-state index contributed by atoms with van der Waals surface area (Å²) in [5, 5.41) is 11.1. The Morgan fingerprint density at radius 2 is 2.17 bits per heavy atom. The molecule has 0 aliphatic rings. The van der Waals surface area contributed by atoms with E-state index >= 15 is 0 Å². The molecule has 4 nitrogen and oxygen atoms in total. The Morgan fingerprint density at radius 1 is 1.33 bits per heavy atom. The average molecular weight is 248 g/mol. The molecule has 1 atom stereocenters. The van der Waals surface area contributed by atoms with E-state index in [4.69, 9.17) is 4.74 Å². The van der Waals surface area contributed by atoms with Gasteiger partial charge in [-0.3, -0.25) is 0 Å². The molecule has 0 saturated heterocycles. The molecule has 0 spiro atoms. The predicted molar refractivity (Wildman–Crippen MR) is 72.6 cm³/mol. The Morgan fingerprint density at radius 3 is 2.94 bits per heavy atom. The number of benzene rings is 1. The molecule has 1 aromatic carbocycles. The van der Waals surface area contributed by atoms with Crippen LogP contribution in [0.25, 0.3) is 10.9 Å². The van der Waals surface area contributed by atoms with E-state index in [0.29, 0.717) is 13.2 Å². The number of aromatic nitrogens is 1. The number of aliphatic hydroxyl groups excluding tert-OH is 1. The quantitative estimate of drug-likeness (QED) is 0.766. The topological polar surface area (TPSA) is 48.5 Å². The molecule has 2 N–H and O–H groups in total. The van der Waals surface area contributed by atoms with Gasteiger partial charge in [0.1, 0.15) is 6.10 Å². The highest BCUT2D eigenvalue weighted by Crippen LogP contribution is 2.19. The summed E-state index contributed by atoms with van der Waals surface area (Å²) in [6.07, 6.45) is 1.33. The van der Waals surface area contributed by atoms with Gasteiger partial charge in [-0.05, 0) is 43.2 Å². The van der Waals surface area contributed by atoms with Crippen LogP contribution in [0, 0.1) is 0 Å². The first kappa shape index (κ1) is 13.1. The van der Waals surface area contributed by atoms with Gasteiger partial charge in [-0.25, -0.2) is 0 Å². The van der Waals surface area contributed by atoms with Crippen LogP contribution >= 0.6 is 0 Å². The normalized spacial score (nSPS) is 13.3. The maximum Gasteiger partial charge on any atom is 0.102 e. The van der Waals surface area contributed by atoms with Crippen molar-refractivity contribution in [3.63, 3.8) is 0 Å². The second-order valence-corrected chi connectivity index (χ2v) is 4.72. The summed E-state index contributed by atoms with van der Waals surface area (Å²) in [5.41, 5.74) is 1.98. The lowest BCUT2D eigenvalue weighted by Gasteiger charge is -2.14. The molecule has 2 aromatic rings. The number of nitrogens with one attached hydrogen (secondary N) is 1. The molecular weight excluding hydrogens is 228 g/mol. The van der Waals surface area contributed by atoms with Gasteiger partial charge in [0.25, 0.3) is 0 Å². The van der Waals surface area contributed by atoms with Crippen molar-refractivity contribution in [2.45, 2.75) is 6.10 Å². The van der Waals surface area contributed by atoms with E-state index in [1.165, 1.54) is 0 Å². The maximum atomic E-state index is 10.0. The van der Waals surface area contributed by atoms with Gasteiger partial charge in [-0.15, -0.1) is 0 Å². The van der Waals surface area contributed by atoms with Crippen molar-refractivity contribution < 1.29 is 9.84 Å². The number of rotatable bonds is 6. The molecule has 98 valence electrons. The minimum Gasteiger partial charge on any atom is -0.386 e. The third kappa shape index (κ3) is 3.32. The summed E-state index contributed by atoms with van der Waals surface area (Å²) in [7, 11) is 4.00. The summed E-state index contributed by atoms with van der Waals surface area (Å²) in [4.78, 5) is 5.19. The van der Waals surface area contributed by atoms with E-state index in [-0.39, 0.29) is 0 Å². The van der Waals surface area contributed by atoms with E-state index in [1.807, 2.05) is 44.6 Å². The fourth-order valence-electron chi connectivity index (χ4n) is 1.82. The second kappa shape index (κ2) is 6.00. The minimum atomic E-state index is -0.563. The van der Waals surface area contributed by atoms with Gasteiger partial charge in [-0.1, -0.05) is 6.07 Å². The second-order valence-electron chi connectivity index (χ2n) is 4.72. The first-order chi connectivity index (χ1) is 8.66. The van der Waals surface area contributed by atoms with Crippen molar-refractivity contribution in [1.82, 2.24) is 9.88 Å². The highest BCUT2D eigenvalue weighted by atomic mass is 16.5. The largest absolute Gasteiger partial charge is 0.386 e. The molecule has 0 bridgehead atoms. The first-order valence-electron chi connectivity index (χ1n) is 6.14. The van der Waals surface area contributed by atoms with Gasteiger partial charge >= 0.3 is 0 Å². The summed E-state index contributed by atoms with van der Waals surface area (Å²) in [6.45, 7) is 1.84. The van der Waals surface area contributed by atoms with Crippen molar-refractivity contribution in [2.24, 2.45) is 0 Å². The van der Waals surface area contributed by atoms with Gasteiger partial charge in [0.15, 0.2) is 0 Å². The summed E-state index contributed by atoms with van der Waals surface area (Å²) in [5.74, 6) is 0. The minimum absolute atomic E-state index is 0.337. The van der Waals surface area contributed by atoms with Crippen LogP contribution in [0.1, 0.15) is 11.7 Å². The molecule has 0 fully saturated rings. The van der Waals surface area contributed by atoms with Crippen LogP contribution < -0.4 is 0 Å². The monoisotopic (exact) mass is 248 g/mol. The molecule has 4 heteroatoms. The van der Waals surface area contributed by atoms with Crippen LogP contribution in [0.3, 0.4) is 0 Å². The number of fused-ring (bicyclic) bond motifs is 1.